The van der Waals surface area contributed by atoms with E-state index in [1.165, 1.54) is 12.1 Å². The summed E-state index contributed by atoms with van der Waals surface area (Å²) in [5, 5.41) is 4.21. The molecule has 0 atom stereocenters. The highest BCUT2D eigenvalue weighted by molar-refractivity contribution is 7.92. The monoisotopic (exact) mass is 495 g/mol. The molecule has 0 aliphatic carbocycles. The molecule has 8 heteroatoms. The standard InChI is InChI=1S/C27H30FN3O3S/c1-20-10-14-24(15-11-20)31(35(33,34)25-16-12-23(28)13-17-25)19-26(32)30-29-21(2)18-27(3,4)22-8-6-5-7-9-22/h5-17H,18-19H2,1-4H3,(H,30,32)/b29-21-. The van der Waals surface area contributed by atoms with Crippen LogP contribution in [0.15, 0.2) is 88.9 Å². The second-order valence-electron chi connectivity index (χ2n) is 9.11. The number of hydrogen-bond donors (Lipinski definition) is 1. The van der Waals surface area contributed by atoms with Gasteiger partial charge in [0, 0.05) is 5.71 Å². The Morgan fingerprint density at radius 3 is 2.17 bits per heavy atom. The van der Waals surface area contributed by atoms with Gasteiger partial charge in [-0.05, 0) is 67.6 Å². The predicted molar refractivity (Wildman–Crippen MR) is 137 cm³/mol. The highest BCUT2D eigenvalue weighted by Gasteiger charge is 2.27. The Kier molecular flexibility index (Phi) is 8.07. The maximum Gasteiger partial charge on any atom is 0.264 e. The number of nitrogens with zero attached hydrogens (tertiary/aromatic N) is 2. The molecule has 3 aromatic carbocycles. The third-order valence-corrected chi connectivity index (χ3v) is 7.42. The van der Waals surface area contributed by atoms with E-state index >= 15 is 0 Å². The Bertz CT molecular complexity index is 1290. The summed E-state index contributed by atoms with van der Waals surface area (Å²) < 4.78 is 41.0. The van der Waals surface area contributed by atoms with Crippen LogP contribution in [0.25, 0.3) is 0 Å². The van der Waals surface area contributed by atoms with Crippen LogP contribution in [0.3, 0.4) is 0 Å². The van der Waals surface area contributed by atoms with E-state index in [0.717, 1.165) is 27.6 Å². The SMILES string of the molecule is C/C(CC(C)(C)c1ccccc1)=N/NC(=O)CN(c1ccc(C)cc1)S(=O)(=O)c1ccc(F)cc1. The maximum atomic E-state index is 13.4. The summed E-state index contributed by atoms with van der Waals surface area (Å²) in [6.07, 6.45) is 0.604. The lowest BCUT2D eigenvalue weighted by atomic mass is 9.80. The second kappa shape index (κ2) is 10.8. The first-order chi connectivity index (χ1) is 16.5. The Hall–Kier alpha value is -3.52. The van der Waals surface area contributed by atoms with E-state index < -0.39 is 28.3 Å². The van der Waals surface area contributed by atoms with Crippen molar-refractivity contribution in [1.82, 2.24) is 5.43 Å². The quantitative estimate of drug-likeness (QED) is 0.328. The Balaban J connectivity index is 1.79. The molecule has 1 N–H and O–H groups in total. The fraction of sp³-hybridized carbons (Fsp3) is 0.259. The summed E-state index contributed by atoms with van der Waals surface area (Å²) >= 11 is 0. The van der Waals surface area contributed by atoms with E-state index in [1.54, 1.807) is 24.3 Å². The van der Waals surface area contributed by atoms with Gasteiger partial charge in [0.25, 0.3) is 15.9 Å². The Morgan fingerprint density at radius 2 is 1.57 bits per heavy atom. The van der Waals surface area contributed by atoms with Crippen LogP contribution in [-0.2, 0) is 20.2 Å². The van der Waals surface area contributed by atoms with Gasteiger partial charge in [0.05, 0.1) is 10.6 Å². The highest BCUT2D eigenvalue weighted by Crippen LogP contribution is 2.27. The number of rotatable bonds is 9. The average molecular weight is 496 g/mol. The lowest BCUT2D eigenvalue weighted by Crippen LogP contribution is -2.39. The predicted octanol–water partition coefficient (Wildman–Crippen LogP) is 5.19. The van der Waals surface area contributed by atoms with Gasteiger partial charge in [0.15, 0.2) is 0 Å². The Labute approximate surface area is 206 Å². The third-order valence-electron chi connectivity index (χ3n) is 5.64. The first kappa shape index (κ1) is 26.1. The molecule has 3 aromatic rings. The fourth-order valence-electron chi connectivity index (χ4n) is 3.75. The van der Waals surface area contributed by atoms with Crippen LogP contribution in [0.1, 0.15) is 38.3 Å². The van der Waals surface area contributed by atoms with Gasteiger partial charge in [-0.2, -0.15) is 5.10 Å². The smallest absolute Gasteiger partial charge is 0.264 e. The summed E-state index contributed by atoms with van der Waals surface area (Å²) in [5.74, 6) is -1.14. The molecule has 184 valence electrons. The normalized spacial score (nSPS) is 12.3. The van der Waals surface area contributed by atoms with Crippen LogP contribution >= 0.6 is 0 Å². The molecular formula is C27H30FN3O3S. The van der Waals surface area contributed by atoms with Gasteiger partial charge in [-0.25, -0.2) is 18.2 Å². The minimum absolute atomic E-state index is 0.114. The van der Waals surface area contributed by atoms with E-state index in [-0.39, 0.29) is 10.3 Å². The van der Waals surface area contributed by atoms with E-state index in [4.69, 9.17) is 0 Å². The van der Waals surface area contributed by atoms with Crippen LogP contribution in [-0.4, -0.2) is 26.6 Å². The number of halogens is 1. The zero-order valence-electron chi connectivity index (χ0n) is 20.3. The lowest BCUT2D eigenvalue weighted by Gasteiger charge is -2.25. The molecule has 0 heterocycles. The summed E-state index contributed by atoms with van der Waals surface area (Å²) in [6.45, 7) is 7.40. The summed E-state index contributed by atoms with van der Waals surface area (Å²) in [6, 6.07) is 21.3. The van der Waals surface area contributed by atoms with Gasteiger partial charge in [0.2, 0.25) is 0 Å². The molecule has 0 aromatic heterocycles. The van der Waals surface area contributed by atoms with Gasteiger partial charge in [-0.3, -0.25) is 9.10 Å². The zero-order chi connectivity index (χ0) is 25.6. The number of hydrogen-bond acceptors (Lipinski definition) is 4. The van der Waals surface area contributed by atoms with E-state index in [9.17, 15) is 17.6 Å². The summed E-state index contributed by atoms with van der Waals surface area (Å²) in [7, 11) is -4.12. The van der Waals surface area contributed by atoms with Crippen molar-refractivity contribution in [3.8, 4) is 0 Å². The van der Waals surface area contributed by atoms with Gasteiger partial charge >= 0.3 is 0 Å². The fourth-order valence-corrected chi connectivity index (χ4v) is 5.17. The largest absolute Gasteiger partial charge is 0.271 e. The van der Waals surface area contributed by atoms with Gasteiger partial charge in [0.1, 0.15) is 12.4 Å². The van der Waals surface area contributed by atoms with Crippen LogP contribution < -0.4 is 9.73 Å². The van der Waals surface area contributed by atoms with E-state index in [1.807, 2.05) is 44.2 Å². The molecule has 35 heavy (non-hydrogen) atoms. The molecule has 0 saturated carbocycles. The van der Waals surface area contributed by atoms with Crippen LogP contribution in [0.4, 0.5) is 10.1 Å². The molecule has 0 fully saturated rings. The molecule has 6 nitrogen and oxygen atoms in total. The minimum Gasteiger partial charge on any atom is -0.271 e. The number of carbonyl (C=O) groups is 1. The third kappa shape index (κ3) is 6.76. The van der Waals surface area contributed by atoms with Crippen molar-refractivity contribution in [2.45, 2.75) is 44.4 Å². The van der Waals surface area contributed by atoms with Crippen molar-refractivity contribution in [2.24, 2.45) is 5.10 Å². The molecule has 0 aliphatic heterocycles. The van der Waals surface area contributed by atoms with Gasteiger partial charge in [-0.15, -0.1) is 0 Å². The van der Waals surface area contributed by atoms with Crippen molar-refractivity contribution in [3.05, 3.63) is 95.8 Å². The van der Waals surface area contributed by atoms with Crippen molar-refractivity contribution in [2.75, 3.05) is 10.8 Å². The topological polar surface area (TPSA) is 78.8 Å². The first-order valence-corrected chi connectivity index (χ1v) is 12.7. The summed E-state index contributed by atoms with van der Waals surface area (Å²) in [5.41, 5.74) is 5.41. The number of aryl methyl sites for hydroxylation is 1. The molecule has 0 unspecified atom stereocenters. The molecule has 0 saturated heterocycles. The van der Waals surface area contributed by atoms with Crippen LogP contribution in [0, 0.1) is 12.7 Å². The van der Waals surface area contributed by atoms with E-state index in [2.05, 4.69) is 24.4 Å². The number of hydrazone groups is 1. The number of amides is 1. The molecule has 0 spiro atoms. The molecule has 0 bridgehead atoms. The van der Waals surface area contributed by atoms with Crippen LogP contribution in [0.2, 0.25) is 0 Å². The number of sulfonamides is 1. The highest BCUT2D eigenvalue weighted by atomic mass is 32.2. The van der Waals surface area contributed by atoms with E-state index in [0.29, 0.717) is 17.8 Å². The first-order valence-electron chi connectivity index (χ1n) is 11.2. The van der Waals surface area contributed by atoms with Crippen LogP contribution in [0.5, 0.6) is 0 Å². The minimum atomic E-state index is -4.12. The second-order valence-corrected chi connectivity index (χ2v) is 11.0. The Morgan fingerprint density at radius 1 is 0.971 bits per heavy atom. The van der Waals surface area contributed by atoms with Crippen molar-refractivity contribution < 1.29 is 17.6 Å². The number of anilines is 1. The van der Waals surface area contributed by atoms with Gasteiger partial charge < -0.3 is 0 Å². The average Bonchev–Trinajstić information content (AvgIpc) is 2.82. The number of benzene rings is 3. The molecule has 1 amide bonds. The molecule has 3 rings (SSSR count). The zero-order valence-corrected chi connectivity index (χ0v) is 21.1. The van der Waals surface area contributed by atoms with Crippen molar-refractivity contribution >= 4 is 27.3 Å². The number of nitrogens with one attached hydrogen (secondary N) is 1. The lowest BCUT2D eigenvalue weighted by molar-refractivity contribution is -0.119. The summed E-state index contributed by atoms with van der Waals surface area (Å²) in [4.78, 5) is 12.7. The molecule has 0 radical (unpaired) electrons. The number of carbonyl (C=O) groups excluding carboxylic acids is 1. The van der Waals surface area contributed by atoms with Crippen molar-refractivity contribution in [1.29, 1.82) is 0 Å². The maximum absolute atomic E-state index is 13.4. The van der Waals surface area contributed by atoms with Crippen molar-refractivity contribution in [3.63, 3.8) is 0 Å². The molecule has 0 aliphatic rings. The molecular weight excluding hydrogens is 465 g/mol. The van der Waals surface area contributed by atoms with Gasteiger partial charge in [-0.1, -0.05) is 61.9 Å².